The van der Waals surface area contributed by atoms with Gasteiger partial charge in [-0.3, -0.25) is 19.4 Å². The van der Waals surface area contributed by atoms with Gasteiger partial charge >= 0.3 is 0 Å². The molecule has 0 fully saturated rings. The van der Waals surface area contributed by atoms with Crippen molar-refractivity contribution in [2.75, 3.05) is 17.2 Å². The highest BCUT2D eigenvalue weighted by atomic mass is 79.9. The van der Waals surface area contributed by atoms with Gasteiger partial charge in [-0.05, 0) is 30.5 Å². The normalized spacial score (nSPS) is 10.7. The minimum atomic E-state index is -0.308. The molecular weight excluding hydrogens is 448 g/mol. The average molecular weight is 473 g/mol. The van der Waals surface area contributed by atoms with Crippen molar-refractivity contribution in [1.82, 2.24) is 25.3 Å². The van der Waals surface area contributed by atoms with Crippen molar-refractivity contribution < 1.29 is 9.59 Å². The quantitative estimate of drug-likeness (QED) is 0.308. The number of carbonyl (C=O) groups is 2. The van der Waals surface area contributed by atoms with Crippen LogP contribution in [0.4, 0.5) is 5.69 Å². The van der Waals surface area contributed by atoms with E-state index in [9.17, 15) is 9.59 Å². The van der Waals surface area contributed by atoms with Crippen molar-refractivity contribution in [3.8, 4) is 11.1 Å². The predicted molar refractivity (Wildman–Crippen MR) is 120 cm³/mol. The first-order chi connectivity index (χ1) is 14.6. The average Bonchev–Trinajstić information content (AvgIpc) is 3.40. The summed E-state index contributed by atoms with van der Waals surface area (Å²) in [5.41, 5.74) is 2.84. The summed E-state index contributed by atoms with van der Waals surface area (Å²) in [6, 6.07) is 7.22. The Morgan fingerprint density at radius 1 is 1.13 bits per heavy atom. The minimum Gasteiger partial charge on any atom is -0.351 e. The number of nitrogens with zero attached hydrogens (tertiary/aromatic N) is 3. The van der Waals surface area contributed by atoms with Crippen molar-refractivity contribution in [2.24, 2.45) is 7.05 Å². The van der Waals surface area contributed by atoms with E-state index in [4.69, 9.17) is 0 Å². The third-order valence-electron chi connectivity index (χ3n) is 4.59. The lowest BCUT2D eigenvalue weighted by Crippen LogP contribution is -2.26. The number of nitrogens with one attached hydrogen (secondary N) is 3. The summed E-state index contributed by atoms with van der Waals surface area (Å²) in [5.74, 6) is -0.601. The van der Waals surface area contributed by atoms with E-state index in [1.807, 2.05) is 12.1 Å². The fourth-order valence-corrected chi connectivity index (χ4v) is 3.45. The molecule has 0 spiro atoms. The van der Waals surface area contributed by atoms with Gasteiger partial charge in [0.2, 0.25) is 0 Å². The Bertz CT molecular complexity index is 983. The zero-order valence-corrected chi connectivity index (χ0v) is 18.4. The van der Waals surface area contributed by atoms with Crippen LogP contribution in [0.5, 0.6) is 0 Å². The molecule has 2 heterocycles. The molecule has 0 aliphatic heterocycles. The van der Waals surface area contributed by atoms with Gasteiger partial charge in [0.1, 0.15) is 0 Å². The molecule has 2 aromatic heterocycles. The number of alkyl halides is 1. The molecule has 8 nitrogen and oxygen atoms in total. The van der Waals surface area contributed by atoms with Crippen LogP contribution in [0.2, 0.25) is 0 Å². The molecule has 3 rings (SSSR count). The van der Waals surface area contributed by atoms with Crippen molar-refractivity contribution in [3.63, 3.8) is 0 Å². The summed E-state index contributed by atoms with van der Waals surface area (Å²) in [5, 5.41) is 17.6. The summed E-state index contributed by atoms with van der Waals surface area (Å²) < 4.78 is 1.52. The third-order valence-corrected chi connectivity index (χ3v) is 5.16. The highest BCUT2D eigenvalue weighted by Gasteiger charge is 2.18. The first-order valence-corrected chi connectivity index (χ1v) is 11.0. The second-order valence-electron chi connectivity index (χ2n) is 6.95. The number of aromatic amines is 1. The second kappa shape index (κ2) is 10.7. The smallest absolute Gasteiger partial charge is 0.273 e. The zero-order valence-electron chi connectivity index (χ0n) is 16.8. The van der Waals surface area contributed by atoms with Crippen molar-refractivity contribution in [3.05, 3.63) is 54.1 Å². The van der Waals surface area contributed by atoms with E-state index in [-0.39, 0.29) is 17.5 Å². The lowest BCUT2D eigenvalue weighted by Gasteiger charge is -2.07. The van der Waals surface area contributed by atoms with Gasteiger partial charge in [0.25, 0.3) is 11.8 Å². The maximum Gasteiger partial charge on any atom is 0.273 e. The van der Waals surface area contributed by atoms with E-state index >= 15 is 0 Å². The van der Waals surface area contributed by atoms with Gasteiger partial charge in [0.05, 0.1) is 11.9 Å². The largest absolute Gasteiger partial charge is 0.351 e. The van der Waals surface area contributed by atoms with Crippen molar-refractivity contribution in [2.45, 2.75) is 25.7 Å². The van der Waals surface area contributed by atoms with Crippen LogP contribution < -0.4 is 10.6 Å². The number of hydrogen-bond acceptors (Lipinski definition) is 4. The molecule has 158 valence electrons. The molecular formula is C21H25BrN6O2. The van der Waals surface area contributed by atoms with E-state index in [2.05, 4.69) is 41.9 Å². The Balaban J connectivity index is 1.64. The van der Waals surface area contributed by atoms with E-state index in [0.717, 1.165) is 42.1 Å². The van der Waals surface area contributed by atoms with Gasteiger partial charge in [-0.25, -0.2) is 0 Å². The van der Waals surface area contributed by atoms with Crippen LogP contribution >= 0.6 is 15.9 Å². The number of halogens is 1. The Hall–Kier alpha value is -2.94. The number of aromatic nitrogens is 4. The monoisotopic (exact) mass is 472 g/mol. The summed E-state index contributed by atoms with van der Waals surface area (Å²) in [7, 11) is 1.71. The molecule has 0 aliphatic rings. The molecule has 0 saturated heterocycles. The number of hydrogen-bond donors (Lipinski definition) is 3. The Morgan fingerprint density at radius 3 is 2.73 bits per heavy atom. The molecule has 0 unspecified atom stereocenters. The standard InChI is InChI=1S/C21H25BrN6O2/c1-28-14-18(19(27-28)21(30)23-10-5-3-2-4-9-22)26-20(29)16-8-6-7-15(11-16)17-12-24-25-13-17/h6-8,11-14H,2-5,9-10H2,1H3,(H,23,30)(H,24,25)(H,26,29). The highest BCUT2D eigenvalue weighted by molar-refractivity contribution is 9.09. The van der Waals surface area contributed by atoms with E-state index in [0.29, 0.717) is 17.8 Å². The molecule has 0 radical (unpaired) electrons. The molecule has 0 bridgehead atoms. The number of benzene rings is 1. The van der Waals surface area contributed by atoms with Crippen LogP contribution in [0.1, 0.15) is 46.5 Å². The molecule has 30 heavy (non-hydrogen) atoms. The maximum absolute atomic E-state index is 12.8. The van der Waals surface area contributed by atoms with Gasteiger partial charge < -0.3 is 10.6 Å². The highest BCUT2D eigenvalue weighted by Crippen LogP contribution is 2.20. The van der Waals surface area contributed by atoms with Crippen LogP contribution in [-0.4, -0.2) is 43.7 Å². The van der Waals surface area contributed by atoms with Crippen LogP contribution in [0.3, 0.4) is 0 Å². The third kappa shape index (κ3) is 5.79. The van der Waals surface area contributed by atoms with E-state index < -0.39 is 0 Å². The predicted octanol–water partition coefficient (Wildman–Crippen LogP) is 3.75. The molecule has 0 aliphatic carbocycles. The van der Waals surface area contributed by atoms with Crippen molar-refractivity contribution in [1.29, 1.82) is 0 Å². The number of H-pyrrole nitrogens is 1. The number of carbonyl (C=O) groups excluding carboxylic acids is 2. The molecule has 9 heteroatoms. The Labute approximate surface area is 183 Å². The maximum atomic E-state index is 12.8. The number of rotatable bonds is 10. The number of amides is 2. The van der Waals surface area contributed by atoms with E-state index in [1.165, 1.54) is 4.68 Å². The SMILES string of the molecule is Cn1cc(NC(=O)c2cccc(-c3cn[nH]c3)c2)c(C(=O)NCCCCCCBr)n1. The molecule has 3 aromatic rings. The van der Waals surface area contributed by atoms with Gasteiger partial charge in [-0.1, -0.05) is 40.9 Å². The second-order valence-corrected chi connectivity index (χ2v) is 7.74. The fraction of sp³-hybridized carbons (Fsp3) is 0.333. The van der Waals surface area contributed by atoms with Gasteiger partial charge in [0.15, 0.2) is 5.69 Å². The lowest BCUT2D eigenvalue weighted by molar-refractivity contribution is 0.0948. The number of aryl methyl sites for hydroxylation is 1. The summed E-state index contributed by atoms with van der Waals surface area (Å²) in [4.78, 5) is 25.3. The Morgan fingerprint density at radius 2 is 1.97 bits per heavy atom. The summed E-state index contributed by atoms with van der Waals surface area (Å²) in [6.45, 7) is 0.581. The van der Waals surface area contributed by atoms with Crippen molar-refractivity contribution >= 4 is 33.4 Å². The van der Waals surface area contributed by atoms with Gasteiger partial charge in [-0.2, -0.15) is 10.2 Å². The molecule has 0 atom stereocenters. The number of anilines is 1. The number of unbranched alkanes of at least 4 members (excludes halogenated alkanes) is 3. The lowest BCUT2D eigenvalue weighted by atomic mass is 10.1. The minimum absolute atomic E-state index is 0.206. The van der Waals surface area contributed by atoms with Gasteiger partial charge in [0, 0.05) is 42.4 Å². The van der Waals surface area contributed by atoms with Crippen LogP contribution in [0.25, 0.3) is 11.1 Å². The Kier molecular flexibility index (Phi) is 7.78. The first kappa shape index (κ1) is 21.8. The van der Waals surface area contributed by atoms with Gasteiger partial charge in [-0.15, -0.1) is 0 Å². The van der Waals surface area contributed by atoms with Crippen LogP contribution in [-0.2, 0) is 7.05 Å². The zero-order chi connectivity index (χ0) is 21.3. The molecule has 2 amide bonds. The summed E-state index contributed by atoms with van der Waals surface area (Å²) >= 11 is 3.41. The topological polar surface area (TPSA) is 105 Å². The van der Waals surface area contributed by atoms with Crippen LogP contribution in [0.15, 0.2) is 42.9 Å². The van der Waals surface area contributed by atoms with E-state index in [1.54, 1.807) is 37.8 Å². The fourth-order valence-electron chi connectivity index (χ4n) is 3.05. The molecule has 0 saturated carbocycles. The molecule has 1 aromatic carbocycles. The van der Waals surface area contributed by atoms with Crippen LogP contribution in [0, 0.1) is 0 Å². The summed E-state index contributed by atoms with van der Waals surface area (Å²) in [6.07, 6.45) is 9.32. The first-order valence-electron chi connectivity index (χ1n) is 9.87. The molecule has 3 N–H and O–H groups in total.